The number of nitriles is 1. The van der Waals surface area contributed by atoms with Crippen LogP contribution in [0.25, 0.3) is 15.9 Å². The minimum Gasteiger partial charge on any atom is -0.489 e. The molecule has 2 aliphatic rings. The van der Waals surface area contributed by atoms with E-state index in [1.165, 1.54) is 22.5 Å². The summed E-state index contributed by atoms with van der Waals surface area (Å²) >= 11 is 1.45. The van der Waals surface area contributed by atoms with Gasteiger partial charge in [0.2, 0.25) is 0 Å². The number of carbonyl (C=O) groups is 1. The molecule has 0 aliphatic carbocycles. The Bertz CT molecular complexity index is 1590. The second-order valence-electron chi connectivity index (χ2n) is 10.2. The summed E-state index contributed by atoms with van der Waals surface area (Å²) in [7, 11) is 0. The standard InChI is InChI=1S/C31H30N4O3S/c1-21-13-22(16-32)5-6-25(21)20-38-26-4-2-3-24(14-26)23-7-10-34(11-8-23)18-30-33-31-29(15-28(19-36)39-31)35(30)17-27-9-12-37-27/h2-7,13-15,19,27H,8-12,17-18,20H2,1H3. The van der Waals surface area contributed by atoms with Crippen LogP contribution in [0.3, 0.4) is 0 Å². The monoisotopic (exact) mass is 538 g/mol. The van der Waals surface area contributed by atoms with Gasteiger partial charge in [-0.15, -0.1) is 11.3 Å². The zero-order chi connectivity index (χ0) is 26.8. The number of carbonyl (C=O) groups excluding carboxylic acids is 1. The van der Waals surface area contributed by atoms with Crippen molar-refractivity contribution in [2.75, 3.05) is 19.7 Å². The van der Waals surface area contributed by atoms with Crippen LogP contribution in [0.2, 0.25) is 0 Å². The molecule has 4 aromatic rings. The van der Waals surface area contributed by atoms with Crippen LogP contribution in [0.15, 0.2) is 54.6 Å². The van der Waals surface area contributed by atoms with Crippen molar-refractivity contribution in [3.63, 3.8) is 0 Å². The number of aromatic nitrogens is 2. The molecule has 0 radical (unpaired) electrons. The Morgan fingerprint density at radius 3 is 2.87 bits per heavy atom. The number of hydrogen-bond acceptors (Lipinski definition) is 7. The van der Waals surface area contributed by atoms with Crippen LogP contribution in [0.5, 0.6) is 5.75 Å². The van der Waals surface area contributed by atoms with Crippen molar-refractivity contribution in [2.45, 2.75) is 45.6 Å². The van der Waals surface area contributed by atoms with E-state index in [0.29, 0.717) is 17.0 Å². The van der Waals surface area contributed by atoms with Crippen molar-refractivity contribution >= 4 is 33.5 Å². The molecule has 6 rings (SSSR count). The maximum Gasteiger partial charge on any atom is 0.160 e. The van der Waals surface area contributed by atoms with Gasteiger partial charge < -0.3 is 14.0 Å². The lowest BCUT2D eigenvalue weighted by molar-refractivity contribution is -0.0591. The van der Waals surface area contributed by atoms with Crippen molar-refractivity contribution in [1.82, 2.24) is 14.5 Å². The number of ether oxygens (including phenoxy) is 2. The first kappa shape index (κ1) is 25.5. The van der Waals surface area contributed by atoms with E-state index in [1.807, 2.05) is 43.3 Å². The molecule has 7 nitrogen and oxygen atoms in total. The normalized spacial score (nSPS) is 17.4. The maximum absolute atomic E-state index is 11.3. The van der Waals surface area contributed by atoms with Crippen LogP contribution in [0, 0.1) is 18.3 Å². The highest BCUT2D eigenvalue weighted by atomic mass is 32.1. The fourth-order valence-corrected chi connectivity index (χ4v) is 6.05. The van der Waals surface area contributed by atoms with E-state index in [1.54, 1.807) is 0 Å². The Hall–Kier alpha value is -3.77. The van der Waals surface area contributed by atoms with Gasteiger partial charge in [-0.1, -0.05) is 24.3 Å². The summed E-state index contributed by atoms with van der Waals surface area (Å²) in [5.74, 6) is 1.88. The van der Waals surface area contributed by atoms with Crippen molar-refractivity contribution in [2.24, 2.45) is 0 Å². The first-order valence-electron chi connectivity index (χ1n) is 13.3. The van der Waals surface area contributed by atoms with E-state index in [9.17, 15) is 4.79 Å². The molecular formula is C31H30N4O3S. The fraction of sp³-hybridized carbons (Fsp3) is 0.323. The average Bonchev–Trinajstić information content (AvgIpc) is 3.48. The van der Waals surface area contributed by atoms with E-state index < -0.39 is 0 Å². The summed E-state index contributed by atoms with van der Waals surface area (Å²) in [5.41, 5.74) is 6.36. The Balaban J connectivity index is 1.12. The Labute approximate surface area is 231 Å². The molecule has 1 saturated heterocycles. The molecule has 2 aromatic carbocycles. The van der Waals surface area contributed by atoms with Gasteiger partial charge in [0, 0.05) is 19.7 Å². The lowest BCUT2D eigenvalue weighted by Gasteiger charge is -2.29. The second kappa shape index (κ2) is 11.1. The Kier molecular flexibility index (Phi) is 7.29. The highest BCUT2D eigenvalue weighted by Crippen LogP contribution is 2.30. The average molecular weight is 539 g/mol. The zero-order valence-electron chi connectivity index (χ0n) is 21.9. The predicted octanol–water partition coefficient (Wildman–Crippen LogP) is 5.75. The van der Waals surface area contributed by atoms with Crippen LogP contribution < -0.4 is 4.74 Å². The lowest BCUT2D eigenvalue weighted by atomic mass is 9.99. The van der Waals surface area contributed by atoms with Crippen LogP contribution in [0.1, 0.15) is 50.6 Å². The molecule has 0 spiro atoms. The van der Waals surface area contributed by atoms with Crippen molar-refractivity contribution in [1.29, 1.82) is 5.26 Å². The smallest absolute Gasteiger partial charge is 0.160 e. The number of nitrogens with zero attached hydrogens (tertiary/aromatic N) is 4. The van der Waals surface area contributed by atoms with Gasteiger partial charge in [-0.25, -0.2) is 4.98 Å². The Morgan fingerprint density at radius 1 is 1.26 bits per heavy atom. The van der Waals surface area contributed by atoms with Gasteiger partial charge in [0.15, 0.2) is 6.29 Å². The summed E-state index contributed by atoms with van der Waals surface area (Å²) < 4.78 is 14.1. The van der Waals surface area contributed by atoms with Crippen molar-refractivity contribution in [3.8, 4) is 11.8 Å². The third-order valence-electron chi connectivity index (χ3n) is 7.57. The predicted molar refractivity (Wildman–Crippen MR) is 152 cm³/mol. The summed E-state index contributed by atoms with van der Waals surface area (Å²) in [5, 5.41) is 9.09. The van der Waals surface area contributed by atoms with Crippen LogP contribution in [-0.2, 0) is 24.4 Å². The summed E-state index contributed by atoms with van der Waals surface area (Å²) in [6.07, 6.45) is 5.46. The highest BCUT2D eigenvalue weighted by molar-refractivity contribution is 7.20. The molecule has 39 heavy (non-hydrogen) atoms. The lowest BCUT2D eigenvalue weighted by Crippen LogP contribution is -2.33. The molecule has 0 saturated carbocycles. The first-order valence-corrected chi connectivity index (χ1v) is 14.1. The molecule has 198 valence electrons. The number of imidazole rings is 1. The molecule has 8 heteroatoms. The van der Waals surface area contributed by atoms with E-state index in [-0.39, 0.29) is 6.10 Å². The van der Waals surface area contributed by atoms with Crippen molar-refractivity contribution < 1.29 is 14.3 Å². The number of thiophene rings is 1. The Morgan fingerprint density at radius 2 is 2.15 bits per heavy atom. The van der Waals surface area contributed by atoms with E-state index in [4.69, 9.17) is 19.7 Å². The van der Waals surface area contributed by atoms with Crippen LogP contribution >= 0.6 is 11.3 Å². The summed E-state index contributed by atoms with van der Waals surface area (Å²) in [6, 6.07) is 18.1. The largest absolute Gasteiger partial charge is 0.489 e. The molecule has 2 aliphatic heterocycles. The number of hydrogen-bond donors (Lipinski definition) is 0. The number of rotatable bonds is 9. The molecule has 4 heterocycles. The molecule has 1 atom stereocenters. The number of benzene rings is 2. The van der Waals surface area contributed by atoms with E-state index in [0.717, 1.165) is 85.0 Å². The molecular weight excluding hydrogens is 508 g/mol. The second-order valence-corrected chi connectivity index (χ2v) is 11.2. The minimum atomic E-state index is 0.226. The third-order valence-corrected chi connectivity index (χ3v) is 8.51. The fourth-order valence-electron chi connectivity index (χ4n) is 5.19. The molecule has 1 fully saturated rings. The molecule has 0 N–H and O–H groups in total. The van der Waals surface area contributed by atoms with Crippen LogP contribution in [-0.4, -0.2) is 46.5 Å². The van der Waals surface area contributed by atoms with Gasteiger partial charge in [-0.3, -0.25) is 9.69 Å². The van der Waals surface area contributed by atoms with Gasteiger partial charge in [0.05, 0.1) is 41.2 Å². The number of aryl methyl sites for hydroxylation is 1. The van der Waals surface area contributed by atoms with E-state index >= 15 is 0 Å². The first-order chi connectivity index (χ1) is 19.1. The van der Waals surface area contributed by atoms with Gasteiger partial charge in [0.25, 0.3) is 0 Å². The van der Waals surface area contributed by atoms with Gasteiger partial charge in [-0.05, 0) is 72.4 Å². The topological polar surface area (TPSA) is 80.4 Å². The highest BCUT2D eigenvalue weighted by Gasteiger charge is 2.24. The number of aldehydes is 1. The van der Waals surface area contributed by atoms with Crippen LogP contribution in [0.4, 0.5) is 0 Å². The molecule has 0 bridgehead atoms. The van der Waals surface area contributed by atoms with E-state index in [2.05, 4.69) is 33.7 Å². The molecule has 1 unspecified atom stereocenters. The quantitative estimate of drug-likeness (QED) is 0.253. The maximum atomic E-state index is 11.3. The number of fused-ring (bicyclic) bond motifs is 1. The summed E-state index contributed by atoms with van der Waals surface area (Å²) in [6.45, 7) is 6.65. The SMILES string of the molecule is Cc1cc(C#N)ccc1COc1cccc(C2=CCN(Cc3nc4sc(C=O)cc4n3CC3CCO3)CC2)c1. The van der Waals surface area contributed by atoms with Gasteiger partial charge in [0.1, 0.15) is 23.0 Å². The minimum absolute atomic E-state index is 0.226. The van der Waals surface area contributed by atoms with Crippen molar-refractivity contribution in [3.05, 3.63) is 87.6 Å². The summed E-state index contributed by atoms with van der Waals surface area (Å²) in [4.78, 5) is 20.3. The molecule has 2 aromatic heterocycles. The molecule has 0 amide bonds. The van der Waals surface area contributed by atoms with Gasteiger partial charge in [-0.2, -0.15) is 5.26 Å². The zero-order valence-corrected chi connectivity index (χ0v) is 22.7. The van der Waals surface area contributed by atoms with Gasteiger partial charge >= 0.3 is 0 Å². The third kappa shape index (κ3) is 5.52.